The van der Waals surface area contributed by atoms with E-state index in [0.717, 1.165) is 19.3 Å². The van der Waals surface area contributed by atoms with E-state index in [9.17, 15) is 9.90 Å². The summed E-state index contributed by atoms with van der Waals surface area (Å²) in [5, 5.41) is 13.9. The minimum Gasteiger partial charge on any atom is -0.382 e. The normalized spacial score (nSPS) is 20.6. The number of hydrogen-bond donors (Lipinski definition) is 1. The lowest BCUT2D eigenvalue weighted by atomic mass is 9.80. The van der Waals surface area contributed by atoms with Crippen LogP contribution in [0.15, 0.2) is 16.8 Å². The molecule has 0 saturated heterocycles. The molecular weight excluding hydrogens is 196 g/mol. The van der Waals surface area contributed by atoms with Gasteiger partial charge >= 0.3 is 0 Å². The van der Waals surface area contributed by atoms with E-state index in [-0.39, 0.29) is 5.78 Å². The van der Waals surface area contributed by atoms with Crippen LogP contribution in [0, 0.1) is 0 Å². The average Bonchev–Trinajstić information content (AvgIpc) is 2.70. The zero-order chi connectivity index (χ0) is 10.0. The molecule has 0 amide bonds. The second-order valence-electron chi connectivity index (χ2n) is 3.93. The molecule has 2 rings (SSSR count). The highest BCUT2D eigenvalue weighted by Crippen LogP contribution is 2.31. The van der Waals surface area contributed by atoms with Crippen LogP contribution in [0.2, 0.25) is 0 Å². The predicted molar refractivity (Wildman–Crippen MR) is 56.7 cm³/mol. The van der Waals surface area contributed by atoms with Crippen LogP contribution in [0.25, 0.3) is 0 Å². The maximum Gasteiger partial charge on any atom is 0.195 e. The van der Waals surface area contributed by atoms with Gasteiger partial charge in [0.05, 0.1) is 0 Å². The molecule has 0 aliphatic heterocycles. The highest BCUT2D eigenvalue weighted by atomic mass is 32.1. The van der Waals surface area contributed by atoms with Gasteiger partial charge in [-0.3, -0.25) is 4.79 Å². The first-order valence-electron chi connectivity index (χ1n) is 5.02. The Morgan fingerprint density at radius 2 is 2.07 bits per heavy atom. The summed E-state index contributed by atoms with van der Waals surface area (Å²) in [4.78, 5) is 11.9. The third-order valence-corrected chi connectivity index (χ3v) is 3.57. The summed E-state index contributed by atoms with van der Waals surface area (Å²) in [5.41, 5.74) is -0.404. The van der Waals surface area contributed by atoms with Gasteiger partial charge in [0.25, 0.3) is 0 Å². The lowest BCUT2D eigenvalue weighted by Gasteiger charge is -2.30. The standard InChI is InChI=1S/C11H14O2S/c12-10(9-4-7-14-8-9)11(13)5-2-1-3-6-11/h4,7-8,13H,1-3,5-6H2. The number of aliphatic hydroxyl groups is 1. The highest BCUT2D eigenvalue weighted by molar-refractivity contribution is 7.08. The van der Waals surface area contributed by atoms with E-state index in [1.54, 1.807) is 6.07 Å². The van der Waals surface area contributed by atoms with E-state index in [1.165, 1.54) is 11.3 Å². The van der Waals surface area contributed by atoms with Crippen molar-refractivity contribution in [2.24, 2.45) is 0 Å². The monoisotopic (exact) mass is 210 g/mol. The van der Waals surface area contributed by atoms with Gasteiger partial charge in [0.1, 0.15) is 5.60 Å². The summed E-state index contributed by atoms with van der Waals surface area (Å²) >= 11 is 1.50. The molecule has 0 bridgehead atoms. The Kier molecular flexibility index (Phi) is 2.70. The Hall–Kier alpha value is -0.670. The summed E-state index contributed by atoms with van der Waals surface area (Å²) in [6.45, 7) is 0. The maximum absolute atomic E-state index is 11.9. The molecule has 0 aromatic carbocycles. The van der Waals surface area contributed by atoms with Crippen LogP contribution in [-0.4, -0.2) is 16.5 Å². The Bertz CT molecular complexity index is 310. The second-order valence-corrected chi connectivity index (χ2v) is 4.71. The second kappa shape index (κ2) is 3.83. The van der Waals surface area contributed by atoms with Gasteiger partial charge in [-0.15, -0.1) is 0 Å². The Morgan fingerprint density at radius 1 is 1.36 bits per heavy atom. The van der Waals surface area contributed by atoms with Gasteiger partial charge in [0.15, 0.2) is 5.78 Å². The Balaban J connectivity index is 2.17. The molecular formula is C11H14O2S. The SMILES string of the molecule is O=C(c1ccsc1)C1(O)CCCCC1. The van der Waals surface area contributed by atoms with Crippen LogP contribution >= 0.6 is 11.3 Å². The molecule has 0 atom stereocenters. The molecule has 3 heteroatoms. The number of carbonyl (C=O) groups excluding carboxylic acids is 1. The molecule has 0 radical (unpaired) electrons. The van der Waals surface area contributed by atoms with Crippen molar-refractivity contribution < 1.29 is 9.90 Å². The lowest BCUT2D eigenvalue weighted by molar-refractivity contribution is 0.0117. The molecule has 1 heterocycles. The molecule has 1 saturated carbocycles. The fraction of sp³-hybridized carbons (Fsp3) is 0.545. The number of Topliss-reactive ketones (excluding diaryl/α,β-unsaturated/α-hetero) is 1. The van der Waals surface area contributed by atoms with E-state index >= 15 is 0 Å². The molecule has 1 aromatic rings. The first-order chi connectivity index (χ1) is 6.72. The van der Waals surface area contributed by atoms with Gasteiger partial charge in [-0.2, -0.15) is 11.3 Å². The third kappa shape index (κ3) is 1.74. The van der Waals surface area contributed by atoms with E-state index in [0.29, 0.717) is 18.4 Å². The van der Waals surface area contributed by atoms with Crippen LogP contribution in [0.5, 0.6) is 0 Å². The van der Waals surface area contributed by atoms with Crippen molar-refractivity contribution in [1.82, 2.24) is 0 Å². The summed E-state index contributed by atoms with van der Waals surface area (Å²) < 4.78 is 0. The molecule has 0 spiro atoms. The molecule has 1 aliphatic rings. The summed E-state index contributed by atoms with van der Waals surface area (Å²) in [5.74, 6) is -0.0848. The van der Waals surface area contributed by atoms with Crippen LogP contribution in [0.4, 0.5) is 0 Å². The van der Waals surface area contributed by atoms with Crippen molar-refractivity contribution in [3.05, 3.63) is 22.4 Å². The molecule has 1 aliphatic carbocycles. The van der Waals surface area contributed by atoms with Crippen molar-refractivity contribution in [2.45, 2.75) is 37.7 Å². The third-order valence-electron chi connectivity index (χ3n) is 2.89. The zero-order valence-corrected chi connectivity index (χ0v) is 8.85. The first-order valence-corrected chi connectivity index (χ1v) is 5.96. The molecule has 1 N–H and O–H groups in total. The Labute approximate surface area is 87.6 Å². The predicted octanol–water partition coefficient (Wildman–Crippen LogP) is 2.63. The number of ketones is 1. The van der Waals surface area contributed by atoms with Crippen molar-refractivity contribution >= 4 is 17.1 Å². The van der Waals surface area contributed by atoms with E-state index < -0.39 is 5.60 Å². The van der Waals surface area contributed by atoms with Gasteiger partial charge in [-0.05, 0) is 24.3 Å². The lowest BCUT2D eigenvalue weighted by Crippen LogP contribution is -2.40. The topological polar surface area (TPSA) is 37.3 Å². The van der Waals surface area contributed by atoms with E-state index in [1.807, 2.05) is 10.8 Å². The van der Waals surface area contributed by atoms with Crippen LogP contribution in [-0.2, 0) is 0 Å². The van der Waals surface area contributed by atoms with Crippen molar-refractivity contribution in [3.63, 3.8) is 0 Å². The Morgan fingerprint density at radius 3 is 2.64 bits per heavy atom. The molecule has 1 fully saturated rings. The highest BCUT2D eigenvalue weighted by Gasteiger charge is 2.37. The van der Waals surface area contributed by atoms with Gasteiger partial charge < -0.3 is 5.11 Å². The van der Waals surface area contributed by atoms with Gasteiger partial charge in [-0.1, -0.05) is 19.3 Å². The molecule has 2 nitrogen and oxygen atoms in total. The van der Waals surface area contributed by atoms with E-state index in [4.69, 9.17) is 0 Å². The molecule has 76 valence electrons. The molecule has 1 aromatic heterocycles. The van der Waals surface area contributed by atoms with Crippen molar-refractivity contribution in [2.75, 3.05) is 0 Å². The molecule has 14 heavy (non-hydrogen) atoms. The van der Waals surface area contributed by atoms with Crippen LogP contribution in [0.3, 0.4) is 0 Å². The van der Waals surface area contributed by atoms with Crippen molar-refractivity contribution in [3.8, 4) is 0 Å². The van der Waals surface area contributed by atoms with Crippen molar-refractivity contribution in [1.29, 1.82) is 0 Å². The number of carbonyl (C=O) groups is 1. The number of rotatable bonds is 2. The van der Waals surface area contributed by atoms with E-state index in [2.05, 4.69) is 0 Å². The minimum absolute atomic E-state index is 0.0848. The fourth-order valence-corrected chi connectivity index (χ4v) is 2.66. The maximum atomic E-state index is 11.9. The van der Waals surface area contributed by atoms with Gasteiger partial charge in [0, 0.05) is 10.9 Å². The molecule has 0 unspecified atom stereocenters. The average molecular weight is 210 g/mol. The number of thiophene rings is 1. The first kappa shape index (κ1) is 9.87. The largest absolute Gasteiger partial charge is 0.382 e. The van der Waals surface area contributed by atoms with Crippen LogP contribution < -0.4 is 0 Å². The zero-order valence-electron chi connectivity index (χ0n) is 8.03. The fourth-order valence-electron chi connectivity index (χ4n) is 2.03. The summed E-state index contributed by atoms with van der Waals surface area (Å²) in [7, 11) is 0. The smallest absolute Gasteiger partial charge is 0.195 e. The number of hydrogen-bond acceptors (Lipinski definition) is 3. The summed E-state index contributed by atoms with van der Waals surface area (Å²) in [6.07, 6.45) is 4.32. The quantitative estimate of drug-likeness (QED) is 0.762. The van der Waals surface area contributed by atoms with Gasteiger partial charge in [0.2, 0.25) is 0 Å². The summed E-state index contributed by atoms with van der Waals surface area (Å²) in [6, 6.07) is 1.79. The van der Waals surface area contributed by atoms with Gasteiger partial charge in [-0.25, -0.2) is 0 Å². The minimum atomic E-state index is -1.07. The van der Waals surface area contributed by atoms with Crippen LogP contribution in [0.1, 0.15) is 42.5 Å².